The Morgan fingerprint density at radius 2 is 2.05 bits per heavy atom. The lowest BCUT2D eigenvalue weighted by Crippen LogP contribution is -2.04. The second-order valence-electron chi connectivity index (χ2n) is 5.09. The Labute approximate surface area is 126 Å². The Bertz CT molecular complexity index is 863. The molecule has 7 nitrogen and oxygen atoms in total. The Balaban J connectivity index is 2.04. The van der Waals surface area contributed by atoms with Gasteiger partial charge in [0.25, 0.3) is 0 Å². The summed E-state index contributed by atoms with van der Waals surface area (Å²) in [6, 6.07) is 6.63. The SMILES string of the molecule is Cc1nn(C)c(-n2cc(-c3cccc(C(=O)O)c3)nn2)c1C. The number of carbonyl (C=O) groups is 1. The molecule has 2 aromatic heterocycles. The number of benzene rings is 1. The molecule has 22 heavy (non-hydrogen) atoms. The Morgan fingerprint density at radius 3 is 2.68 bits per heavy atom. The third kappa shape index (κ3) is 2.26. The summed E-state index contributed by atoms with van der Waals surface area (Å²) in [5.74, 6) is -0.127. The summed E-state index contributed by atoms with van der Waals surface area (Å²) in [5.41, 5.74) is 3.50. The van der Waals surface area contributed by atoms with Gasteiger partial charge in [-0.1, -0.05) is 17.3 Å². The van der Waals surface area contributed by atoms with Gasteiger partial charge in [0, 0.05) is 18.2 Å². The number of carboxylic acid groups (broad SMARTS) is 1. The molecule has 0 amide bonds. The maximum Gasteiger partial charge on any atom is 0.335 e. The van der Waals surface area contributed by atoms with Crippen LogP contribution in [0.1, 0.15) is 21.6 Å². The van der Waals surface area contributed by atoms with Gasteiger partial charge < -0.3 is 5.11 Å². The molecule has 1 aromatic carbocycles. The van der Waals surface area contributed by atoms with E-state index < -0.39 is 5.97 Å². The van der Waals surface area contributed by atoms with Gasteiger partial charge in [-0.05, 0) is 26.0 Å². The van der Waals surface area contributed by atoms with Crippen LogP contribution in [0.15, 0.2) is 30.5 Å². The van der Waals surface area contributed by atoms with E-state index in [-0.39, 0.29) is 5.56 Å². The van der Waals surface area contributed by atoms with E-state index in [0.29, 0.717) is 11.3 Å². The van der Waals surface area contributed by atoms with Crippen LogP contribution in [0.5, 0.6) is 0 Å². The van der Waals surface area contributed by atoms with Crippen LogP contribution in [0.2, 0.25) is 0 Å². The lowest BCUT2D eigenvalue weighted by Gasteiger charge is -2.01. The molecule has 0 spiro atoms. The fraction of sp³-hybridized carbons (Fsp3) is 0.200. The van der Waals surface area contributed by atoms with Crippen LogP contribution in [0, 0.1) is 13.8 Å². The highest BCUT2D eigenvalue weighted by atomic mass is 16.4. The molecular formula is C15H15N5O2. The van der Waals surface area contributed by atoms with Crippen molar-refractivity contribution in [1.82, 2.24) is 24.8 Å². The van der Waals surface area contributed by atoms with Crippen LogP contribution in [0.25, 0.3) is 17.1 Å². The van der Waals surface area contributed by atoms with Crippen molar-refractivity contribution < 1.29 is 9.90 Å². The second-order valence-corrected chi connectivity index (χ2v) is 5.09. The summed E-state index contributed by atoms with van der Waals surface area (Å²) >= 11 is 0. The molecule has 2 heterocycles. The van der Waals surface area contributed by atoms with Gasteiger partial charge in [-0.25, -0.2) is 9.48 Å². The summed E-state index contributed by atoms with van der Waals surface area (Å²) in [6.45, 7) is 3.91. The van der Waals surface area contributed by atoms with Gasteiger partial charge in [-0.2, -0.15) is 5.10 Å². The first-order valence-electron chi connectivity index (χ1n) is 6.74. The van der Waals surface area contributed by atoms with E-state index in [0.717, 1.165) is 17.1 Å². The fourth-order valence-corrected chi connectivity index (χ4v) is 2.38. The summed E-state index contributed by atoms with van der Waals surface area (Å²) < 4.78 is 3.40. The number of aromatic nitrogens is 5. The van der Waals surface area contributed by atoms with Crippen molar-refractivity contribution >= 4 is 5.97 Å². The van der Waals surface area contributed by atoms with Crippen molar-refractivity contribution in [3.8, 4) is 17.1 Å². The van der Waals surface area contributed by atoms with Gasteiger partial charge in [-0.15, -0.1) is 5.10 Å². The van der Waals surface area contributed by atoms with E-state index in [1.165, 1.54) is 0 Å². The molecule has 0 radical (unpaired) electrons. The Morgan fingerprint density at radius 1 is 1.27 bits per heavy atom. The lowest BCUT2D eigenvalue weighted by molar-refractivity contribution is 0.0697. The summed E-state index contributed by atoms with van der Waals surface area (Å²) in [6.07, 6.45) is 1.77. The molecule has 112 valence electrons. The highest BCUT2D eigenvalue weighted by Crippen LogP contribution is 2.21. The summed E-state index contributed by atoms with van der Waals surface area (Å²) in [7, 11) is 1.85. The maximum absolute atomic E-state index is 11.1. The number of nitrogens with zero attached hydrogens (tertiary/aromatic N) is 5. The molecule has 0 saturated heterocycles. The first kappa shape index (κ1) is 14.0. The van der Waals surface area contributed by atoms with Gasteiger partial charge in [-0.3, -0.25) is 4.68 Å². The number of hydrogen-bond acceptors (Lipinski definition) is 4. The molecule has 0 saturated carbocycles. The number of aromatic carboxylic acids is 1. The Hall–Kier alpha value is -2.96. The van der Waals surface area contributed by atoms with Crippen LogP contribution in [0.4, 0.5) is 0 Å². The second kappa shape index (κ2) is 5.10. The van der Waals surface area contributed by atoms with Gasteiger partial charge in [0.15, 0.2) is 5.82 Å². The normalized spacial score (nSPS) is 10.9. The van der Waals surface area contributed by atoms with Gasteiger partial charge in [0.2, 0.25) is 0 Å². The molecule has 1 N–H and O–H groups in total. The number of carboxylic acids is 1. The molecule has 3 rings (SSSR count). The van der Waals surface area contributed by atoms with Gasteiger partial charge >= 0.3 is 5.97 Å². The van der Waals surface area contributed by atoms with E-state index >= 15 is 0 Å². The molecule has 0 atom stereocenters. The summed E-state index contributed by atoms with van der Waals surface area (Å²) in [5, 5.41) is 21.7. The van der Waals surface area contributed by atoms with Gasteiger partial charge in [0.1, 0.15) is 5.69 Å². The van der Waals surface area contributed by atoms with Gasteiger partial charge in [0.05, 0.1) is 17.5 Å². The highest BCUT2D eigenvalue weighted by Gasteiger charge is 2.14. The van der Waals surface area contributed by atoms with E-state index in [2.05, 4.69) is 15.4 Å². The van der Waals surface area contributed by atoms with Crippen molar-refractivity contribution in [2.24, 2.45) is 7.05 Å². The minimum atomic E-state index is -0.965. The predicted molar refractivity (Wildman–Crippen MR) is 80.0 cm³/mol. The van der Waals surface area contributed by atoms with Crippen molar-refractivity contribution in [2.75, 3.05) is 0 Å². The number of aryl methyl sites for hydroxylation is 2. The average Bonchev–Trinajstić information content (AvgIpc) is 3.05. The molecular weight excluding hydrogens is 282 g/mol. The van der Waals surface area contributed by atoms with Crippen LogP contribution >= 0.6 is 0 Å². The first-order valence-corrected chi connectivity index (χ1v) is 6.74. The highest BCUT2D eigenvalue weighted by molar-refractivity contribution is 5.89. The molecule has 0 bridgehead atoms. The first-order chi connectivity index (χ1) is 10.5. The largest absolute Gasteiger partial charge is 0.478 e. The fourth-order valence-electron chi connectivity index (χ4n) is 2.38. The van der Waals surface area contributed by atoms with E-state index in [9.17, 15) is 4.79 Å². The topological polar surface area (TPSA) is 85.8 Å². The van der Waals surface area contributed by atoms with Crippen LogP contribution in [-0.4, -0.2) is 35.9 Å². The van der Waals surface area contributed by atoms with E-state index in [4.69, 9.17) is 5.11 Å². The number of hydrogen-bond donors (Lipinski definition) is 1. The zero-order chi connectivity index (χ0) is 15.9. The maximum atomic E-state index is 11.1. The van der Waals surface area contributed by atoms with Crippen LogP contribution in [0.3, 0.4) is 0 Å². The van der Waals surface area contributed by atoms with Crippen LogP contribution in [-0.2, 0) is 7.05 Å². The molecule has 3 aromatic rings. The molecule has 7 heteroatoms. The quantitative estimate of drug-likeness (QED) is 0.799. The Kier molecular flexibility index (Phi) is 3.25. The minimum Gasteiger partial charge on any atom is -0.478 e. The standard InChI is InChI=1S/C15H15N5O2/c1-9-10(2)17-19(3)14(9)20-8-13(16-18-20)11-5-4-6-12(7-11)15(21)22/h4-8H,1-3H3,(H,21,22). The zero-order valence-electron chi connectivity index (χ0n) is 12.5. The predicted octanol–water partition coefficient (Wildman–Crippen LogP) is 1.98. The van der Waals surface area contributed by atoms with Crippen molar-refractivity contribution in [1.29, 1.82) is 0 Å². The molecule has 0 fully saturated rings. The van der Waals surface area contributed by atoms with Crippen molar-refractivity contribution in [3.63, 3.8) is 0 Å². The smallest absolute Gasteiger partial charge is 0.335 e. The summed E-state index contributed by atoms with van der Waals surface area (Å²) in [4.78, 5) is 11.1. The van der Waals surface area contributed by atoms with E-state index in [1.54, 1.807) is 33.8 Å². The third-order valence-corrected chi connectivity index (χ3v) is 3.60. The third-order valence-electron chi connectivity index (χ3n) is 3.60. The van der Waals surface area contributed by atoms with Crippen molar-refractivity contribution in [3.05, 3.63) is 47.3 Å². The molecule has 0 aliphatic carbocycles. The van der Waals surface area contributed by atoms with Crippen LogP contribution < -0.4 is 0 Å². The van der Waals surface area contributed by atoms with Crippen molar-refractivity contribution in [2.45, 2.75) is 13.8 Å². The molecule has 0 unspecified atom stereocenters. The average molecular weight is 297 g/mol. The molecule has 0 aliphatic rings. The lowest BCUT2D eigenvalue weighted by atomic mass is 10.1. The van der Waals surface area contributed by atoms with E-state index in [1.807, 2.05) is 27.0 Å². The molecule has 0 aliphatic heterocycles. The zero-order valence-corrected chi connectivity index (χ0v) is 12.5. The number of rotatable bonds is 3. The monoisotopic (exact) mass is 297 g/mol. The minimum absolute atomic E-state index is 0.222.